The summed E-state index contributed by atoms with van der Waals surface area (Å²) in [6, 6.07) is 0. The van der Waals surface area contributed by atoms with Crippen molar-refractivity contribution in [1.29, 1.82) is 0 Å². The Labute approximate surface area is 137 Å². The van der Waals surface area contributed by atoms with E-state index in [0.29, 0.717) is 37.6 Å². The summed E-state index contributed by atoms with van der Waals surface area (Å²) in [5.41, 5.74) is 0. The molecule has 0 amide bonds. The average Bonchev–Trinajstić information content (AvgIpc) is 2.19. The van der Waals surface area contributed by atoms with Crippen LogP contribution in [0.1, 0.15) is 41.5 Å². The topological polar surface area (TPSA) is 60.7 Å². The van der Waals surface area contributed by atoms with Gasteiger partial charge in [-0.1, -0.05) is 41.5 Å². The van der Waals surface area contributed by atoms with E-state index in [0.717, 1.165) is 0 Å². The molecule has 0 bridgehead atoms. The first-order valence-electron chi connectivity index (χ1n) is 5.64. The number of hydrogen-bond acceptors (Lipinski definition) is 3. The van der Waals surface area contributed by atoms with Crippen LogP contribution in [-0.2, 0) is 26.2 Å². The number of rotatable bonds is 3. The van der Waals surface area contributed by atoms with Crippen LogP contribution in [0.15, 0.2) is 0 Å². The van der Waals surface area contributed by atoms with Gasteiger partial charge in [-0.3, -0.25) is 0 Å². The molecule has 0 spiro atoms. The van der Waals surface area contributed by atoms with Crippen LogP contribution in [0.4, 0.5) is 0 Å². The zero-order valence-corrected chi connectivity index (χ0v) is 16.1. The molecule has 0 rings (SSSR count). The SMILES string of the molecule is CC(C)CO.CC(C)CO.CC(C)CO.[Br-].[Zr]. The quantitative estimate of drug-likeness (QED) is 0.571. The second kappa shape index (κ2) is 25.9. The van der Waals surface area contributed by atoms with Crippen LogP contribution >= 0.6 is 0 Å². The van der Waals surface area contributed by atoms with Crippen molar-refractivity contribution in [2.45, 2.75) is 41.5 Å². The third-order valence-electron chi connectivity index (χ3n) is 1.10. The fourth-order valence-electron chi connectivity index (χ4n) is 0. The number of aliphatic hydroxyl groups excluding tert-OH is 3. The van der Waals surface area contributed by atoms with Gasteiger partial charge in [0.2, 0.25) is 0 Å². The van der Waals surface area contributed by atoms with E-state index in [1.54, 1.807) is 0 Å². The zero-order chi connectivity index (χ0) is 12.9. The van der Waals surface area contributed by atoms with E-state index >= 15 is 0 Å². The minimum absolute atomic E-state index is 0. The molecule has 0 fully saturated rings. The average molecular weight is 393 g/mol. The number of aliphatic hydroxyl groups is 3. The molecule has 3 nitrogen and oxygen atoms in total. The van der Waals surface area contributed by atoms with Crippen LogP contribution < -0.4 is 17.0 Å². The Bertz CT molecular complexity index is 82.7. The molecule has 0 aromatic rings. The molecule has 0 heterocycles. The van der Waals surface area contributed by atoms with Crippen molar-refractivity contribution < 1.29 is 58.5 Å². The molecule has 0 saturated heterocycles. The monoisotopic (exact) mass is 391 g/mol. The van der Waals surface area contributed by atoms with Gasteiger partial charge in [0.15, 0.2) is 0 Å². The van der Waals surface area contributed by atoms with Crippen LogP contribution in [0.2, 0.25) is 0 Å². The second-order valence-electron chi connectivity index (χ2n) is 4.73. The summed E-state index contributed by atoms with van der Waals surface area (Å²) >= 11 is 0. The molecule has 0 aromatic heterocycles. The van der Waals surface area contributed by atoms with Gasteiger partial charge >= 0.3 is 0 Å². The van der Waals surface area contributed by atoms with E-state index in [9.17, 15) is 0 Å². The molecule has 0 aromatic carbocycles. The van der Waals surface area contributed by atoms with E-state index in [4.69, 9.17) is 15.3 Å². The van der Waals surface area contributed by atoms with Crippen molar-refractivity contribution in [3.05, 3.63) is 0 Å². The summed E-state index contributed by atoms with van der Waals surface area (Å²) in [6.07, 6.45) is 0. The van der Waals surface area contributed by atoms with Gasteiger partial charge in [0.05, 0.1) is 0 Å². The Kier molecular flexibility index (Phi) is 47.2. The third kappa shape index (κ3) is 76.4. The summed E-state index contributed by atoms with van der Waals surface area (Å²) < 4.78 is 0. The summed E-state index contributed by atoms with van der Waals surface area (Å²) in [7, 11) is 0. The third-order valence-corrected chi connectivity index (χ3v) is 1.10. The van der Waals surface area contributed by atoms with E-state index in [2.05, 4.69) is 0 Å². The molecule has 0 radical (unpaired) electrons. The standard InChI is InChI=1S/3C4H10O.BrH.Zr/c3*1-4(2)3-5;;/h3*4-5H,3H2,1-2H3;1H;/p-1. The molecule has 0 aliphatic rings. The molecule has 0 aliphatic heterocycles. The van der Waals surface area contributed by atoms with Gasteiger partial charge in [0.1, 0.15) is 0 Å². The predicted molar refractivity (Wildman–Crippen MR) is 65.8 cm³/mol. The molecule has 0 aliphatic carbocycles. The fourth-order valence-corrected chi connectivity index (χ4v) is 0. The van der Waals surface area contributed by atoms with E-state index in [1.807, 2.05) is 41.5 Å². The van der Waals surface area contributed by atoms with Crippen molar-refractivity contribution in [1.82, 2.24) is 0 Å². The van der Waals surface area contributed by atoms with E-state index < -0.39 is 0 Å². The Morgan fingerprint density at radius 3 is 0.647 bits per heavy atom. The summed E-state index contributed by atoms with van der Waals surface area (Å²) in [6.45, 7) is 12.7. The van der Waals surface area contributed by atoms with Crippen LogP contribution in [0.3, 0.4) is 0 Å². The van der Waals surface area contributed by atoms with E-state index in [1.165, 1.54) is 0 Å². The molecule has 17 heavy (non-hydrogen) atoms. The van der Waals surface area contributed by atoms with Crippen LogP contribution in [0.25, 0.3) is 0 Å². The maximum absolute atomic E-state index is 8.14. The van der Waals surface area contributed by atoms with Crippen molar-refractivity contribution in [3.63, 3.8) is 0 Å². The van der Waals surface area contributed by atoms with Crippen LogP contribution in [0.5, 0.6) is 0 Å². The minimum Gasteiger partial charge on any atom is -1.00 e. The Morgan fingerprint density at radius 2 is 0.647 bits per heavy atom. The first-order chi connectivity index (χ1) is 6.81. The summed E-state index contributed by atoms with van der Waals surface area (Å²) in [5.74, 6) is 1.32. The Hall–Kier alpha value is 1.24. The van der Waals surface area contributed by atoms with Gasteiger partial charge in [0.25, 0.3) is 0 Å². The van der Waals surface area contributed by atoms with Gasteiger partial charge in [0, 0.05) is 46.0 Å². The van der Waals surface area contributed by atoms with Gasteiger partial charge in [-0.2, -0.15) is 0 Å². The number of hydrogen-bond donors (Lipinski definition) is 3. The summed E-state index contributed by atoms with van der Waals surface area (Å²) in [4.78, 5) is 0. The first kappa shape index (κ1) is 30.9. The first-order valence-corrected chi connectivity index (χ1v) is 5.64. The van der Waals surface area contributed by atoms with Crippen molar-refractivity contribution in [3.8, 4) is 0 Å². The van der Waals surface area contributed by atoms with Crippen molar-refractivity contribution >= 4 is 0 Å². The molecule has 108 valence electrons. The van der Waals surface area contributed by atoms with Crippen molar-refractivity contribution in [2.24, 2.45) is 17.8 Å². The molecule has 5 heteroatoms. The zero-order valence-electron chi connectivity index (χ0n) is 12.1. The van der Waals surface area contributed by atoms with Gasteiger partial charge in [-0.05, 0) is 17.8 Å². The minimum atomic E-state index is 0. The van der Waals surface area contributed by atoms with Crippen molar-refractivity contribution in [2.75, 3.05) is 19.8 Å². The predicted octanol–water partition coefficient (Wildman–Crippen LogP) is -1.09. The maximum atomic E-state index is 8.14. The van der Waals surface area contributed by atoms with Gasteiger partial charge < -0.3 is 32.3 Å². The van der Waals surface area contributed by atoms with Crippen LogP contribution in [-0.4, -0.2) is 35.1 Å². The second-order valence-corrected chi connectivity index (χ2v) is 4.73. The molecule has 3 N–H and O–H groups in total. The Morgan fingerprint density at radius 1 is 0.588 bits per heavy atom. The molecular weight excluding hydrogens is 363 g/mol. The fraction of sp³-hybridized carbons (Fsp3) is 1.00. The molecule has 0 atom stereocenters. The molecular formula is C12H30BrO3Zr-. The van der Waals surface area contributed by atoms with Gasteiger partial charge in [-0.15, -0.1) is 0 Å². The molecule has 0 saturated carbocycles. The van der Waals surface area contributed by atoms with E-state index in [-0.39, 0.29) is 43.2 Å². The largest absolute Gasteiger partial charge is 1.00 e. The normalized spacial score (nSPS) is 8.47. The maximum Gasteiger partial charge on any atom is 0.0453 e. The van der Waals surface area contributed by atoms with Gasteiger partial charge in [-0.25, -0.2) is 0 Å². The molecule has 0 unspecified atom stereocenters. The Balaban J connectivity index is -0.0000000400. The smallest absolute Gasteiger partial charge is 0.0453 e. The van der Waals surface area contributed by atoms with Crippen LogP contribution in [0, 0.1) is 17.8 Å². The number of halogens is 1. The summed E-state index contributed by atoms with van der Waals surface area (Å²) in [5, 5.41) is 24.4.